The van der Waals surface area contributed by atoms with Crippen LogP contribution in [0.1, 0.15) is 5.56 Å². The van der Waals surface area contributed by atoms with Gasteiger partial charge in [0.1, 0.15) is 0 Å². The van der Waals surface area contributed by atoms with Crippen molar-refractivity contribution in [3.8, 4) is 0 Å². The molecular formula is C14H9BrCl2N2. The molecule has 0 unspecified atom stereocenters. The number of hydrogen-bond acceptors (Lipinski definition) is 1. The molecule has 2 nitrogen and oxygen atoms in total. The summed E-state index contributed by atoms with van der Waals surface area (Å²) in [5.41, 5.74) is 2.90. The van der Waals surface area contributed by atoms with Crippen LogP contribution < -0.4 is 0 Å². The molecule has 3 rings (SSSR count). The molecule has 3 aromatic rings. The second-order valence-corrected chi connectivity index (χ2v) is 5.85. The molecule has 19 heavy (non-hydrogen) atoms. The summed E-state index contributed by atoms with van der Waals surface area (Å²) >= 11 is 15.8. The Balaban J connectivity index is 2.08. The number of para-hydroxylation sites is 2. The molecule has 0 saturated heterocycles. The monoisotopic (exact) mass is 354 g/mol. The van der Waals surface area contributed by atoms with Crippen molar-refractivity contribution in [2.75, 3.05) is 0 Å². The topological polar surface area (TPSA) is 17.8 Å². The zero-order valence-corrected chi connectivity index (χ0v) is 12.9. The number of benzene rings is 2. The fourth-order valence-electron chi connectivity index (χ4n) is 2.02. The molecule has 0 radical (unpaired) electrons. The average Bonchev–Trinajstić information content (AvgIpc) is 2.69. The number of aromatic nitrogens is 2. The minimum Gasteiger partial charge on any atom is -0.310 e. The average molecular weight is 356 g/mol. The van der Waals surface area contributed by atoms with Crippen LogP contribution in [0.2, 0.25) is 10.3 Å². The second kappa shape index (κ2) is 5.16. The van der Waals surface area contributed by atoms with Gasteiger partial charge in [-0.25, -0.2) is 4.98 Å². The Hall–Kier alpha value is -1.03. The van der Waals surface area contributed by atoms with Crippen LogP contribution in [0.4, 0.5) is 0 Å². The van der Waals surface area contributed by atoms with Crippen molar-refractivity contribution in [1.29, 1.82) is 0 Å². The zero-order chi connectivity index (χ0) is 13.4. The molecule has 5 heteroatoms. The van der Waals surface area contributed by atoms with Crippen LogP contribution in [0.25, 0.3) is 11.0 Å². The largest absolute Gasteiger partial charge is 0.310 e. The van der Waals surface area contributed by atoms with E-state index in [0.29, 0.717) is 16.9 Å². The summed E-state index contributed by atoms with van der Waals surface area (Å²) in [6, 6.07) is 13.7. The van der Waals surface area contributed by atoms with E-state index in [4.69, 9.17) is 23.2 Å². The van der Waals surface area contributed by atoms with Crippen LogP contribution in [-0.2, 0) is 6.54 Å². The molecule has 0 spiro atoms. The van der Waals surface area contributed by atoms with Crippen LogP contribution in [0, 0.1) is 0 Å². The summed E-state index contributed by atoms with van der Waals surface area (Å²) in [6.07, 6.45) is 0. The first-order valence-electron chi connectivity index (χ1n) is 5.70. The summed E-state index contributed by atoms with van der Waals surface area (Å²) in [5, 5.41) is 1.18. The SMILES string of the molecule is Clc1cc(Br)ccc1Cn1c(Cl)nc2ccccc21. The maximum atomic E-state index is 6.24. The number of nitrogens with zero attached hydrogens (tertiary/aromatic N) is 2. The van der Waals surface area contributed by atoms with E-state index in [1.54, 1.807) is 0 Å². The van der Waals surface area contributed by atoms with Gasteiger partial charge >= 0.3 is 0 Å². The highest BCUT2D eigenvalue weighted by atomic mass is 79.9. The number of imidazole rings is 1. The normalized spacial score (nSPS) is 11.1. The van der Waals surface area contributed by atoms with Crippen molar-refractivity contribution in [3.63, 3.8) is 0 Å². The molecule has 2 aromatic carbocycles. The Morgan fingerprint density at radius 3 is 2.68 bits per heavy atom. The van der Waals surface area contributed by atoms with E-state index in [-0.39, 0.29) is 0 Å². The third-order valence-corrected chi connectivity index (χ3v) is 4.09. The van der Waals surface area contributed by atoms with Gasteiger partial charge in [-0.2, -0.15) is 0 Å². The zero-order valence-electron chi connectivity index (χ0n) is 9.78. The molecule has 1 heterocycles. The fraction of sp³-hybridized carbons (Fsp3) is 0.0714. The molecule has 0 aliphatic rings. The van der Waals surface area contributed by atoms with E-state index in [1.807, 2.05) is 47.0 Å². The van der Waals surface area contributed by atoms with E-state index in [0.717, 1.165) is 21.1 Å². The number of fused-ring (bicyclic) bond motifs is 1. The van der Waals surface area contributed by atoms with Crippen molar-refractivity contribution in [3.05, 3.63) is 62.8 Å². The van der Waals surface area contributed by atoms with Crippen LogP contribution in [-0.4, -0.2) is 9.55 Å². The van der Waals surface area contributed by atoms with Crippen molar-refractivity contribution in [1.82, 2.24) is 9.55 Å². The number of rotatable bonds is 2. The van der Waals surface area contributed by atoms with Crippen molar-refractivity contribution >= 4 is 50.2 Å². The van der Waals surface area contributed by atoms with Gasteiger partial charge in [-0.3, -0.25) is 0 Å². The standard InChI is InChI=1S/C14H9BrCl2N2/c15-10-6-5-9(11(16)7-10)8-19-13-4-2-1-3-12(13)18-14(19)17/h1-7H,8H2. The Bertz CT molecular complexity index is 752. The highest BCUT2D eigenvalue weighted by Crippen LogP contribution is 2.26. The number of halogens is 3. The lowest BCUT2D eigenvalue weighted by Gasteiger charge is -2.08. The minimum atomic E-state index is 0.472. The summed E-state index contributed by atoms with van der Waals surface area (Å²) in [6.45, 7) is 0.603. The molecule has 0 aliphatic carbocycles. The van der Waals surface area contributed by atoms with E-state index in [2.05, 4.69) is 20.9 Å². The summed E-state index contributed by atoms with van der Waals surface area (Å²) < 4.78 is 2.91. The molecule has 0 aliphatic heterocycles. The van der Waals surface area contributed by atoms with Gasteiger partial charge in [0, 0.05) is 9.50 Å². The molecule has 0 saturated carbocycles. The van der Waals surface area contributed by atoms with Gasteiger partial charge < -0.3 is 4.57 Å². The lowest BCUT2D eigenvalue weighted by Crippen LogP contribution is -2.00. The lowest BCUT2D eigenvalue weighted by molar-refractivity contribution is 0.825. The van der Waals surface area contributed by atoms with E-state index in [9.17, 15) is 0 Å². The third kappa shape index (κ3) is 2.50. The van der Waals surface area contributed by atoms with Gasteiger partial charge in [0.05, 0.1) is 17.6 Å². The maximum Gasteiger partial charge on any atom is 0.204 e. The van der Waals surface area contributed by atoms with Crippen LogP contribution >= 0.6 is 39.1 Å². The lowest BCUT2D eigenvalue weighted by atomic mass is 10.2. The Morgan fingerprint density at radius 2 is 1.89 bits per heavy atom. The summed E-state index contributed by atoms with van der Waals surface area (Å²) in [7, 11) is 0. The number of hydrogen-bond donors (Lipinski definition) is 0. The molecule has 0 atom stereocenters. The predicted octanol–water partition coefficient (Wildman–Crippen LogP) is 5.15. The van der Waals surface area contributed by atoms with Crippen molar-refractivity contribution in [2.45, 2.75) is 6.54 Å². The van der Waals surface area contributed by atoms with Crippen molar-refractivity contribution in [2.24, 2.45) is 0 Å². The molecule has 0 N–H and O–H groups in total. The highest BCUT2D eigenvalue weighted by Gasteiger charge is 2.10. The van der Waals surface area contributed by atoms with Gasteiger partial charge in [-0.05, 0) is 41.4 Å². The van der Waals surface area contributed by atoms with Crippen molar-refractivity contribution < 1.29 is 0 Å². The Kier molecular flexibility index (Phi) is 3.52. The van der Waals surface area contributed by atoms with Crippen LogP contribution in [0.15, 0.2) is 46.9 Å². The van der Waals surface area contributed by atoms with Gasteiger partial charge in [0.25, 0.3) is 0 Å². The van der Waals surface area contributed by atoms with Gasteiger partial charge in [0.15, 0.2) is 0 Å². The Labute approximate surface area is 129 Å². The maximum absolute atomic E-state index is 6.24. The summed E-state index contributed by atoms with van der Waals surface area (Å²) in [4.78, 5) is 4.33. The molecule has 0 bridgehead atoms. The minimum absolute atomic E-state index is 0.472. The summed E-state index contributed by atoms with van der Waals surface area (Å²) in [5.74, 6) is 0. The van der Waals surface area contributed by atoms with Gasteiger partial charge in [-0.15, -0.1) is 0 Å². The predicted molar refractivity (Wildman–Crippen MR) is 83.0 cm³/mol. The first-order chi connectivity index (χ1) is 9.15. The van der Waals surface area contributed by atoms with Gasteiger partial charge in [0.2, 0.25) is 5.28 Å². The Morgan fingerprint density at radius 1 is 1.11 bits per heavy atom. The quantitative estimate of drug-likeness (QED) is 0.621. The fourth-order valence-corrected chi connectivity index (χ4v) is 2.99. The highest BCUT2D eigenvalue weighted by molar-refractivity contribution is 9.10. The van der Waals surface area contributed by atoms with E-state index >= 15 is 0 Å². The van der Waals surface area contributed by atoms with Gasteiger partial charge in [-0.1, -0.05) is 45.7 Å². The third-order valence-electron chi connectivity index (χ3n) is 2.95. The molecule has 1 aromatic heterocycles. The van der Waals surface area contributed by atoms with Crippen LogP contribution in [0.3, 0.4) is 0 Å². The first kappa shape index (κ1) is 13.0. The van der Waals surface area contributed by atoms with E-state index in [1.165, 1.54) is 0 Å². The smallest absolute Gasteiger partial charge is 0.204 e. The van der Waals surface area contributed by atoms with E-state index < -0.39 is 0 Å². The second-order valence-electron chi connectivity index (χ2n) is 4.19. The molecule has 0 fully saturated rings. The molecular weight excluding hydrogens is 347 g/mol. The molecule has 96 valence electrons. The first-order valence-corrected chi connectivity index (χ1v) is 7.25. The van der Waals surface area contributed by atoms with Crippen LogP contribution in [0.5, 0.6) is 0 Å². The molecule has 0 amide bonds.